The van der Waals surface area contributed by atoms with Crippen molar-refractivity contribution in [2.24, 2.45) is 22.2 Å². The van der Waals surface area contributed by atoms with Crippen molar-refractivity contribution in [3.8, 4) is 5.75 Å². The number of fused-ring (bicyclic) bond motifs is 1. The van der Waals surface area contributed by atoms with Gasteiger partial charge in [-0.2, -0.15) is 0 Å². The fraction of sp³-hybridized carbons (Fsp3) is 0.545. The van der Waals surface area contributed by atoms with Crippen molar-refractivity contribution in [2.45, 2.75) is 72.5 Å². The minimum atomic E-state index is -0.527. The lowest BCUT2D eigenvalue weighted by Gasteiger charge is -2.43. The molecular formula is C33H45FN6O3. The molecule has 5 rings (SSSR count). The van der Waals surface area contributed by atoms with Gasteiger partial charge in [-0.1, -0.05) is 33.8 Å². The minimum absolute atomic E-state index is 0.0557. The fourth-order valence-electron chi connectivity index (χ4n) is 6.49. The Morgan fingerprint density at radius 3 is 2.67 bits per heavy atom. The van der Waals surface area contributed by atoms with Crippen molar-refractivity contribution in [3.63, 3.8) is 0 Å². The molecule has 1 aliphatic carbocycles. The van der Waals surface area contributed by atoms with Gasteiger partial charge in [0, 0.05) is 44.0 Å². The Morgan fingerprint density at radius 2 is 1.95 bits per heavy atom. The summed E-state index contributed by atoms with van der Waals surface area (Å²) in [5.74, 6) is 1.83. The van der Waals surface area contributed by atoms with E-state index in [0.717, 1.165) is 48.7 Å². The molecule has 1 saturated heterocycles. The lowest BCUT2D eigenvalue weighted by atomic mass is 9.64. The van der Waals surface area contributed by atoms with E-state index in [2.05, 4.69) is 55.1 Å². The second kappa shape index (κ2) is 12.5. The highest BCUT2D eigenvalue weighted by Crippen LogP contribution is 2.44. The summed E-state index contributed by atoms with van der Waals surface area (Å²) in [6.45, 7) is 14.1. The van der Waals surface area contributed by atoms with Gasteiger partial charge in [0.2, 0.25) is 0 Å². The van der Waals surface area contributed by atoms with E-state index in [1.54, 1.807) is 24.3 Å². The van der Waals surface area contributed by atoms with Crippen LogP contribution in [0.5, 0.6) is 5.75 Å². The molecule has 4 atom stereocenters. The first-order chi connectivity index (χ1) is 20.4. The zero-order chi connectivity index (χ0) is 30.9. The van der Waals surface area contributed by atoms with Gasteiger partial charge < -0.3 is 25.3 Å². The fourth-order valence-corrected chi connectivity index (χ4v) is 6.49. The number of aliphatic imine (C=N–C) groups is 1. The number of benzene rings is 2. The zero-order valence-electron chi connectivity index (χ0n) is 26.2. The van der Waals surface area contributed by atoms with Crippen LogP contribution in [-0.4, -0.2) is 59.2 Å². The van der Waals surface area contributed by atoms with Crippen molar-refractivity contribution in [1.29, 1.82) is 0 Å². The van der Waals surface area contributed by atoms with Gasteiger partial charge in [-0.3, -0.25) is 9.36 Å². The predicted molar refractivity (Wildman–Crippen MR) is 171 cm³/mol. The quantitative estimate of drug-likeness (QED) is 0.286. The first-order valence-electron chi connectivity index (χ1n) is 15.4. The number of aryl methyl sites for hydroxylation is 1. The number of aromatic amines is 1. The van der Waals surface area contributed by atoms with Gasteiger partial charge >= 0.3 is 5.69 Å². The molecule has 0 radical (unpaired) electrons. The number of nitrogens with zero attached hydrogens (tertiary/aromatic N) is 3. The number of piperazine rings is 1. The summed E-state index contributed by atoms with van der Waals surface area (Å²) < 4.78 is 20.6. The Hall–Kier alpha value is -3.66. The number of ether oxygens (including phenoxy) is 1. The van der Waals surface area contributed by atoms with Gasteiger partial charge in [0.15, 0.2) is 5.96 Å². The molecule has 9 nitrogen and oxygen atoms in total. The van der Waals surface area contributed by atoms with E-state index >= 15 is 0 Å². The Labute approximate surface area is 252 Å². The van der Waals surface area contributed by atoms with Crippen LogP contribution in [0.25, 0.3) is 10.9 Å². The largest absolute Gasteiger partial charge is 0.497 e. The number of rotatable bonds is 6. The van der Waals surface area contributed by atoms with Crippen LogP contribution in [0.2, 0.25) is 0 Å². The molecule has 43 heavy (non-hydrogen) atoms. The lowest BCUT2D eigenvalue weighted by molar-refractivity contribution is 0.0979. The topological polar surface area (TPSA) is 104 Å². The van der Waals surface area contributed by atoms with E-state index in [-0.39, 0.29) is 19.0 Å². The maximum absolute atomic E-state index is 14.4. The van der Waals surface area contributed by atoms with Crippen LogP contribution >= 0.6 is 0 Å². The third-order valence-corrected chi connectivity index (χ3v) is 9.49. The molecule has 232 valence electrons. The molecule has 2 heterocycles. The number of guanidine groups is 1. The molecule has 2 aliphatic rings. The van der Waals surface area contributed by atoms with Crippen molar-refractivity contribution in [2.75, 3.05) is 32.1 Å². The Bertz CT molecular complexity index is 1610. The van der Waals surface area contributed by atoms with Crippen LogP contribution in [0, 0.1) is 23.1 Å². The Kier molecular flexibility index (Phi) is 8.96. The summed E-state index contributed by atoms with van der Waals surface area (Å²) in [4.78, 5) is 36.8. The number of aromatic nitrogens is 2. The smallest absolute Gasteiger partial charge is 0.328 e. The SMILES string of the molecule is COc1ccc(CCn2c(=O)[nH]c3cc(NC(=N[C@H]4C[C@@H](C)C(C)(C)C[C@@H]4C)N4CCN[C@@H](C)C4)ccc3c2=O)c(F)c1. The minimum Gasteiger partial charge on any atom is -0.497 e. The van der Waals surface area contributed by atoms with Crippen LogP contribution in [-0.2, 0) is 13.0 Å². The molecule has 3 aromatic rings. The highest BCUT2D eigenvalue weighted by molar-refractivity contribution is 5.96. The summed E-state index contributed by atoms with van der Waals surface area (Å²) >= 11 is 0. The van der Waals surface area contributed by atoms with E-state index in [1.807, 2.05) is 6.07 Å². The summed E-state index contributed by atoms with van der Waals surface area (Å²) in [5, 5.41) is 7.45. The van der Waals surface area contributed by atoms with E-state index in [9.17, 15) is 14.0 Å². The van der Waals surface area contributed by atoms with Gasteiger partial charge in [-0.05, 0) is 73.3 Å². The number of H-pyrrole nitrogens is 1. The van der Waals surface area contributed by atoms with Crippen LogP contribution in [0.4, 0.5) is 10.1 Å². The van der Waals surface area contributed by atoms with Gasteiger partial charge in [0.05, 0.1) is 24.1 Å². The molecule has 2 fully saturated rings. The average molecular weight is 593 g/mol. The summed E-state index contributed by atoms with van der Waals surface area (Å²) in [7, 11) is 1.47. The molecule has 10 heteroatoms. The molecule has 1 saturated carbocycles. The summed E-state index contributed by atoms with van der Waals surface area (Å²) in [6, 6.07) is 10.5. The standard InChI is InChI=1S/C33H45FN6O3/c1-20-18-33(4,5)21(2)15-28(20)37-31(39-14-12-35-22(3)19-39)36-24-8-10-26-29(16-24)38-32(42)40(30(26)41)13-11-23-7-9-25(43-6)17-27(23)34/h7-10,16-17,20-22,28,35H,11-15,18-19H2,1-6H3,(H,36,37)(H,38,42)/t20-,21+,22-,28-/m0/s1. The number of anilines is 1. The molecule has 3 N–H and O–H groups in total. The van der Waals surface area contributed by atoms with Crippen molar-refractivity contribution in [1.82, 2.24) is 19.8 Å². The number of halogens is 1. The molecule has 0 bridgehead atoms. The van der Waals surface area contributed by atoms with Crippen molar-refractivity contribution in [3.05, 3.63) is 68.6 Å². The molecular weight excluding hydrogens is 547 g/mol. The van der Waals surface area contributed by atoms with Gasteiger partial charge in [-0.25, -0.2) is 14.2 Å². The normalized spacial score (nSPS) is 24.3. The summed E-state index contributed by atoms with van der Waals surface area (Å²) in [5.41, 5.74) is 0.968. The molecule has 1 aromatic heterocycles. The number of nitrogens with one attached hydrogen (secondary N) is 3. The second-order valence-electron chi connectivity index (χ2n) is 13.1. The van der Waals surface area contributed by atoms with E-state index in [4.69, 9.17) is 9.73 Å². The monoisotopic (exact) mass is 592 g/mol. The summed E-state index contributed by atoms with van der Waals surface area (Å²) in [6.07, 6.45) is 2.36. The third kappa shape index (κ3) is 6.79. The molecule has 1 aliphatic heterocycles. The van der Waals surface area contributed by atoms with Gasteiger partial charge in [0.1, 0.15) is 11.6 Å². The number of methoxy groups -OCH3 is 1. The van der Waals surface area contributed by atoms with Crippen molar-refractivity contribution >= 4 is 22.5 Å². The molecule has 2 aromatic carbocycles. The first-order valence-corrected chi connectivity index (χ1v) is 15.4. The van der Waals surface area contributed by atoms with Crippen LogP contribution in [0.3, 0.4) is 0 Å². The van der Waals surface area contributed by atoms with E-state index in [1.165, 1.54) is 13.2 Å². The highest BCUT2D eigenvalue weighted by Gasteiger charge is 2.38. The van der Waals surface area contributed by atoms with Gasteiger partial charge in [0.25, 0.3) is 5.56 Å². The maximum atomic E-state index is 14.4. The highest BCUT2D eigenvalue weighted by atomic mass is 19.1. The van der Waals surface area contributed by atoms with Crippen LogP contribution in [0.1, 0.15) is 53.0 Å². The second-order valence-corrected chi connectivity index (χ2v) is 13.1. The van der Waals surface area contributed by atoms with Crippen molar-refractivity contribution < 1.29 is 9.13 Å². The van der Waals surface area contributed by atoms with E-state index in [0.29, 0.717) is 45.5 Å². The molecule has 0 spiro atoms. The maximum Gasteiger partial charge on any atom is 0.328 e. The Balaban J connectivity index is 1.41. The zero-order valence-corrected chi connectivity index (χ0v) is 26.2. The molecule has 0 unspecified atom stereocenters. The van der Waals surface area contributed by atoms with Crippen LogP contribution < -0.4 is 26.6 Å². The third-order valence-electron chi connectivity index (χ3n) is 9.49. The average Bonchev–Trinajstić information content (AvgIpc) is 2.95. The number of hydrogen-bond acceptors (Lipinski definition) is 5. The van der Waals surface area contributed by atoms with Gasteiger partial charge in [-0.15, -0.1) is 0 Å². The Morgan fingerprint density at radius 1 is 1.16 bits per heavy atom. The lowest BCUT2D eigenvalue weighted by Crippen LogP contribution is -2.53. The first kappa shape index (κ1) is 30.8. The number of hydrogen-bond donors (Lipinski definition) is 3. The predicted octanol–water partition coefficient (Wildman–Crippen LogP) is 4.60. The van der Waals surface area contributed by atoms with E-state index < -0.39 is 17.1 Å². The molecule has 0 amide bonds. The van der Waals surface area contributed by atoms with Crippen LogP contribution in [0.15, 0.2) is 51.0 Å².